The van der Waals surface area contributed by atoms with Crippen LogP contribution in [0, 0.1) is 0 Å². The molecule has 2 atom stereocenters. The van der Waals surface area contributed by atoms with Crippen LogP contribution in [0.3, 0.4) is 0 Å². The highest BCUT2D eigenvalue weighted by Crippen LogP contribution is 2.42. The number of amides is 1. The molecule has 1 unspecified atom stereocenters. The molecule has 1 aromatic heterocycles. The van der Waals surface area contributed by atoms with Gasteiger partial charge in [0, 0.05) is 11.8 Å². The van der Waals surface area contributed by atoms with Crippen molar-refractivity contribution < 1.29 is 27.8 Å². The number of aliphatic hydroxyl groups excluding tert-OH is 1. The fraction of sp³-hybridized carbons (Fsp3) is 0.400. The molecule has 0 aliphatic carbocycles. The Kier molecular flexibility index (Phi) is 5.71. The Morgan fingerprint density at radius 1 is 1.21 bits per heavy atom. The van der Waals surface area contributed by atoms with Crippen LogP contribution in [0.1, 0.15) is 31.2 Å². The lowest BCUT2D eigenvalue weighted by molar-refractivity contribution is -0.159. The molecule has 1 aliphatic heterocycles. The van der Waals surface area contributed by atoms with Crippen molar-refractivity contribution in [1.29, 1.82) is 0 Å². The van der Waals surface area contributed by atoms with E-state index < -0.39 is 36.9 Å². The first kappa shape index (κ1) is 20.3. The van der Waals surface area contributed by atoms with Gasteiger partial charge in [-0.3, -0.25) is 9.78 Å². The van der Waals surface area contributed by atoms with Gasteiger partial charge in [-0.15, -0.1) is 0 Å². The van der Waals surface area contributed by atoms with E-state index in [0.29, 0.717) is 11.3 Å². The predicted octanol–water partition coefficient (Wildman–Crippen LogP) is 3.48. The van der Waals surface area contributed by atoms with Crippen molar-refractivity contribution >= 4 is 5.91 Å². The molecule has 1 fully saturated rings. The van der Waals surface area contributed by atoms with Gasteiger partial charge in [0.1, 0.15) is 18.5 Å². The van der Waals surface area contributed by atoms with Crippen LogP contribution in [0.2, 0.25) is 0 Å². The van der Waals surface area contributed by atoms with Crippen LogP contribution in [0.4, 0.5) is 13.2 Å². The molecule has 0 spiro atoms. The number of benzene rings is 1. The van der Waals surface area contributed by atoms with Gasteiger partial charge in [0.25, 0.3) is 5.91 Å². The molecular weight excluding hydrogens is 373 g/mol. The third-order valence-electron chi connectivity index (χ3n) is 4.82. The molecule has 1 amide bonds. The summed E-state index contributed by atoms with van der Waals surface area (Å²) in [6.07, 6.45) is -2.46. The van der Waals surface area contributed by atoms with Crippen LogP contribution in [0.15, 0.2) is 42.6 Å². The maximum atomic E-state index is 13.7. The molecular formula is C20H21F3N2O3. The topological polar surface area (TPSA) is 62.7 Å². The summed E-state index contributed by atoms with van der Waals surface area (Å²) in [6.45, 7) is 1.80. The molecule has 0 radical (unpaired) electrons. The molecule has 5 nitrogen and oxygen atoms in total. The van der Waals surface area contributed by atoms with Gasteiger partial charge in [0.2, 0.25) is 0 Å². The van der Waals surface area contributed by atoms with Gasteiger partial charge < -0.3 is 14.7 Å². The summed E-state index contributed by atoms with van der Waals surface area (Å²) in [5, 5.41) is 9.06. The number of rotatable bonds is 5. The highest BCUT2D eigenvalue weighted by molar-refractivity contribution is 5.80. The molecule has 28 heavy (non-hydrogen) atoms. The largest absolute Gasteiger partial charge is 0.390 e. The van der Waals surface area contributed by atoms with Crippen molar-refractivity contribution in [3.63, 3.8) is 0 Å². The molecule has 2 aromatic rings. The van der Waals surface area contributed by atoms with Crippen LogP contribution in [0.5, 0.6) is 0 Å². The Labute approximate surface area is 160 Å². The predicted molar refractivity (Wildman–Crippen MR) is 96.1 cm³/mol. The highest BCUT2D eigenvalue weighted by atomic mass is 19.3. The molecule has 8 heteroatoms. The summed E-state index contributed by atoms with van der Waals surface area (Å²) < 4.78 is 45.4. The van der Waals surface area contributed by atoms with E-state index in [2.05, 4.69) is 4.98 Å². The number of ether oxygens (including phenoxy) is 1. The molecule has 150 valence electrons. The Morgan fingerprint density at radius 3 is 2.36 bits per heavy atom. The Hall–Kier alpha value is -2.45. The quantitative estimate of drug-likeness (QED) is 0.844. The number of aromatic nitrogens is 1. The lowest BCUT2D eigenvalue weighted by atomic mass is 9.99. The van der Waals surface area contributed by atoms with Crippen molar-refractivity contribution in [2.45, 2.75) is 44.8 Å². The van der Waals surface area contributed by atoms with Gasteiger partial charge in [-0.2, -0.15) is 8.78 Å². The summed E-state index contributed by atoms with van der Waals surface area (Å²) in [5.74, 6) is -1.44. The van der Waals surface area contributed by atoms with Crippen LogP contribution >= 0.6 is 0 Å². The highest BCUT2D eigenvalue weighted by Gasteiger charge is 2.52. The van der Waals surface area contributed by atoms with E-state index in [0.717, 1.165) is 16.0 Å². The average Bonchev–Trinajstić information content (AvgIpc) is 2.97. The van der Waals surface area contributed by atoms with E-state index in [4.69, 9.17) is 9.84 Å². The first-order valence-electron chi connectivity index (χ1n) is 8.79. The van der Waals surface area contributed by atoms with E-state index in [9.17, 15) is 18.0 Å². The van der Waals surface area contributed by atoms with Crippen LogP contribution in [-0.2, 0) is 16.1 Å². The Balaban J connectivity index is 1.87. The monoisotopic (exact) mass is 394 g/mol. The fourth-order valence-corrected chi connectivity index (χ4v) is 3.51. The number of aliphatic hydroxyl groups is 1. The number of pyridine rings is 1. The van der Waals surface area contributed by atoms with Gasteiger partial charge >= 0.3 is 6.43 Å². The van der Waals surface area contributed by atoms with Gasteiger partial charge in [-0.1, -0.05) is 30.3 Å². The minimum absolute atomic E-state index is 0.146. The number of halogens is 3. The minimum atomic E-state index is -3.23. The number of nitrogens with zero attached hydrogens (tertiary/aromatic N) is 2. The molecule has 1 N–H and O–H groups in total. The number of alkyl halides is 3. The number of hydrogen-bond donors (Lipinski definition) is 1. The van der Waals surface area contributed by atoms with E-state index in [1.807, 2.05) is 6.07 Å². The molecule has 0 saturated carbocycles. The zero-order chi connectivity index (χ0) is 20.5. The van der Waals surface area contributed by atoms with E-state index in [1.54, 1.807) is 36.5 Å². The van der Waals surface area contributed by atoms with Crippen LogP contribution in [-0.4, -0.2) is 45.8 Å². The Bertz CT molecular complexity index is 826. The molecule has 1 aliphatic rings. The molecule has 0 bridgehead atoms. The first-order chi connectivity index (χ1) is 13.3. The van der Waals surface area contributed by atoms with Gasteiger partial charge in [0.15, 0.2) is 0 Å². The lowest BCUT2D eigenvalue weighted by Crippen LogP contribution is -2.51. The summed E-state index contributed by atoms with van der Waals surface area (Å²) in [7, 11) is 0. The smallest absolute Gasteiger partial charge is 0.315 e. The fourth-order valence-electron chi connectivity index (χ4n) is 3.51. The van der Waals surface area contributed by atoms with E-state index in [1.165, 1.54) is 13.8 Å². The van der Waals surface area contributed by atoms with Crippen molar-refractivity contribution in [2.75, 3.05) is 6.67 Å². The molecule has 1 aromatic carbocycles. The molecule has 1 saturated heterocycles. The second-order valence-corrected chi connectivity index (χ2v) is 7.03. The Morgan fingerprint density at radius 2 is 1.86 bits per heavy atom. The third kappa shape index (κ3) is 3.74. The summed E-state index contributed by atoms with van der Waals surface area (Å²) in [4.78, 5) is 16.8. The van der Waals surface area contributed by atoms with Crippen molar-refractivity contribution in [1.82, 2.24) is 9.88 Å². The molecule has 2 heterocycles. The zero-order valence-corrected chi connectivity index (χ0v) is 15.5. The van der Waals surface area contributed by atoms with Crippen molar-refractivity contribution in [2.24, 2.45) is 0 Å². The van der Waals surface area contributed by atoms with Gasteiger partial charge in [-0.05, 0) is 31.0 Å². The second kappa shape index (κ2) is 7.89. The maximum absolute atomic E-state index is 13.7. The summed E-state index contributed by atoms with van der Waals surface area (Å²) >= 11 is 0. The van der Waals surface area contributed by atoms with Crippen molar-refractivity contribution in [3.05, 3.63) is 53.9 Å². The van der Waals surface area contributed by atoms with Crippen molar-refractivity contribution in [3.8, 4) is 11.1 Å². The van der Waals surface area contributed by atoms with Gasteiger partial charge in [-0.25, -0.2) is 4.39 Å². The average molecular weight is 394 g/mol. The number of carbonyl (C=O) groups excluding carboxylic acids is 1. The minimum Gasteiger partial charge on any atom is -0.390 e. The summed E-state index contributed by atoms with van der Waals surface area (Å²) in [5.41, 5.74) is 1.46. The second-order valence-electron chi connectivity index (χ2n) is 7.03. The van der Waals surface area contributed by atoms with Crippen LogP contribution in [0.25, 0.3) is 11.1 Å². The SMILES string of the molecule is CC1(C)O[C@H](c2ccc(-c3ccc(CO)nc3)cc2)C(CF)N1C(=O)C(F)F. The zero-order valence-electron chi connectivity index (χ0n) is 15.5. The lowest BCUT2D eigenvalue weighted by Gasteiger charge is -2.32. The molecule has 3 rings (SSSR count). The summed E-state index contributed by atoms with van der Waals surface area (Å²) in [6, 6.07) is 9.40. The third-order valence-corrected chi connectivity index (χ3v) is 4.82. The normalized spacial score (nSPS) is 21.3. The maximum Gasteiger partial charge on any atom is 0.315 e. The van der Waals surface area contributed by atoms with E-state index >= 15 is 0 Å². The number of hydrogen-bond acceptors (Lipinski definition) is 4. The number of carbonyl (C=O) groups is 1. The first-order valence-corrected chi connectivity index (χ1v) is 8.79. The van der Waals surface area contributed by atoms with E-state index in [-0.39, 0.29) is 6.61 Å². The standard InChI is InChI=1S/C20H21F3N2O3/c1-20(2)25(19(27)18(22)23)16(9-21)17(28-20)13-5-3-12(4-6-13)14-7-8-15(11-26)24-10-14/h3-8,10,16-18,26H,9,11H2,1-2H3/t16?,17-/m1/s1. The van der Waals surface area contributed by atoms with Crippen LogP contribution < -0.4 is 0 Å². The van der Waals surface area contributed by atoms with Gasteiger partial charge in [0.05, 0.1) is 18.3 Å².